The maximum absolute atomic E-state index is 2.47. The van der Waals surface area contributed by atoms with Crippen LogP contribution in [-0.4, -0.2) is 0 Å². The molecule has 0 radical (unpaired) electrons. The Morgan fingerprint density at radius 3 is 1.72 bits per heavy atom. The van der Waals surface area contributed by atoms with Gasteiger partial charge in [-0.05, 0) is 36.0 Å². The molecular formula is C18H36. The summed E-state index contributed by atoms with van der Waals surface area (Å²) < 4.78 is 0. The molecule has 1 rings (SSSR count). The minimum absolute atomic E-state index is 0.857. The van der Waals surface area contributed by atoms with Crippen LogP contribution in [0.5, 0.6) is 0 Å². The first kappa shape index (κ1) is 16.1. The fourth-order valence-corrected chi connectivity index (χ4v) is 3.32. The van der Waals surface area contributed by atoms with Gasteiger partial charge in [-0.2, -0.15) is 0 Å². The maximum atomic E-state index is 2.47. The molecule has 0 bridgehead atoms. The van der Waals surface area contributed by atoms with Crippen LogP contribution < -0.4 is 0 Å². The second-order valence-corrected chi connectivity index (χ2v) is 7.62. The van der Waals surface area contributed by atoms with E-state index in [2.05, 4.69) is 34.6 Å². The summed E-state index contributed by atoms with van der Waals surface area (Å²) in [5, 5.41) is 0. The molecule has 18 heavy (non-hydrogen) atoms. The van der Waals surface area contributed by atoms with Gasteiger partial charge in [-0.1, -0.05) is 79.6 Å². The van der Waals surface area contributed by atoms with Crippen molar-refractivity contribution in [2.24, 2.45) is 29.6 Å². The Labute approximate surface area is 116 Å². The molecule has 3 atom stereocenters. The molecule has 0 heterocycles. The van der Waals surface area contributed by atoms with Crippen LogP contribution in [0.15, 0.2) is 0 Å². The van der Waals surface area contributed by atoms with E-state index in [1.807, 2.05) is 0 Å². The van der Waals surface area contributed by atoms with E-state index in [1.165, 1.54) is 51.4 Å². The molecule has 1 fully saturated rings. The highest BCUT2D eigenvalue weighted by molar-refractivity contribution is 4.71. The van der Waals surface area contributed by atoms with E-state index in [0.29, 0.717) is 0 Å². The van der Waals surface area contributed by atoms with Gasteiger partial charge in [-0.15, -0.1) is 0 Å². The number of hydrogen-bond acceptors (Lipinski definition) is 0. The Morgan fingerprint density at radius 1 is 0.778 bits per heavy atom. The van der Waals surface area contributed by atoms with Gasteiger partial charge < -0.3 is 0 Å². The van der Waals surface area contributed by atoms with Crippen molar-refractivity contribution in [3.63, 3.8) is 0 Å². The van der Waals surface area contributed by atoms with E-state index in [0.717, 1.165) is 29.6 Å². The van der Waals surface area contributed by atoms with Gasteiger partial charge in [0.2, 0.25) is 0 Å². The lowest BCUT2D eigenvalue weighted by atomic mass is 9.79. The Balaban J connectivity index is 2.46. The van der Waals surface area contributed by atoms with E-state index in [1.54, 1.807) is 0 Å². The number of rotatable bonds is 3. The second kappa shape index (κ2) is 8.23. The molecular weight excluding hydrogens is 216 g/mol. The minimum Gasteiger partial charge on any atom is -0.0625 e. The predicted molar refractivity (Wildman–Crippen MR) is 82.8 cm³/mol. The van der Waals surface area contributed by atoms with Gasteiger partial charge in [0, 0.05) is 0 Å². The second-order valence-electron chi connectivity index (χ2n) is 7.62. The normalized spacial score (nSPS) is 33.3. The van der Waals surface area contributed by atoms with Crippen LogP contribution in [0.1, 0.15) is 86.0 Å². The molecule has 3 unspecified atom stereocenters. The van der Waals surface area contributed by atoms with E-state index >= 15 is 0 Å². The summed E-state index contributed by atoms with van der Waals surface area (Å²) in [6.07, 6.45) is 11.8. The summed E-state index contributed by atoms with van der Waals surface area (Å²) in [6.45, 7) is 12.2. The number of hydrogen-bond donors (Lipinski definition) is 0. The molecule has 0 aliphatic heterocycles. The molecule has 0 N–H and O–H groups in total. The lowest BCUT2D eigenvalue weighted by Gasteiger charge is -2.27. The molecule has 0 nitrogen and oxygen atoms in total. The Bertz CT molecular complexity index is 192. The highest BCUT2D eigenvalue weighted by Crippen LogP contribution is 2.32. The maximum Gasteiger partial charge on any atom is -0.0411 e. The lowest BCUT2D eigenvalue weighted by molar-refractivity contribution is 0.250. The standard InChI is InChI=1S/C18H36/c1-14(2)17(5)13-18-11-9-15(3)7-6-8-16(4)10-12-18/h14-18H,6-13H2,1-5H3. The van der Waals surface area contributed by atoms with Gasteiger partial charge >= 0.3 is 0 Å². The first-order chi connectivity index (χ1) is 8.49. The quantitative estimate of drug-likeness (QED) is 0.553. The molecule has 0 aromatic carbocycles. The lowest BCUT2D eigenvalue weighted by Crippen LogP contribution is -2.14. The van der Waals surface area contributed by atoms with Gasteiger partial charge in [0.15, 0.2) is 0 Å². The topological polar surface area (TPSA) is 0 Å². The molecule has 1 aliphatic carbocycles. The largest absolute Gasteiger partial charge is 0.0625 e. The summed E-state index contributed by atoms with van der Waals surface area (Å²) in [6, 6.07) is 0. The van der Waals surface area contributed by atoms with Crippen LogP contribution in [0.4, 0.5) is 0 Å². The summed E-state index contributed by atoms with van der Waals surface area (Å²) in [7, 11) is 0. The molecule has 0 aromatic heterocycles. The predicted octanol–water partition coefficient (Wildman–Crippen LogP) is 6.30. The van der Waals surface area contributed by atoms with Crippen LogP contribution in [-0.2, 0) is 0 Å². The van der Waals surface area contributed by atoms with Gasteiger partial charge in [0.25, 0.3) is 0 Å². The summed E-state index contributed by atoms with van der Waals surface area (Å²) in [5.74, 6) is 4.70. The van der Waals surface area contributed by atoms with Crippen molar-refractivity contribution in [2.75, 3.05) is 0 Å². The SMILES string of the molecule is CC1CCCC(C)CCC(CC(C)C(C)C)CC1. The van der Waals surface area contributed by atoms with Crippen LogP contribution in [0.25, 0.3) is 0 Å². The minimum atomic E-state index is 0.857. The zero-order valence-corrected chi connectivity index (χ0v) is 13.5. The van der Waals surface area contributed by atoms with Crippen molar-refractivity contribution >= 4 is 0 Å². The van der Waals surface area contributed by atoms with Crippen molar-refractivity contribution in [3.8, 4) is 0 Å². The van der Waals surface area contributed by atoms with Gasteiger partial charge in [0.1, 0.15) is 0 Å². The van der Waals surface area contributed by atoms with E-state index in [-0.39, 0.29) is 0 Å². The monoisotopic (exact) mass is 252 g/mol. The van der Waals surface area contributed by atoms with E-state index < -0.39 is 0 Å². The summed E-state index contributed by atoms with van der Waals surface area (Å²) in [4.78, 5) is 0. The zero-order valence-electron chi connectivity index (χ0n) is 13.5. The molecule has 1 saturated carbocycles. The zero-order chi connectivity index (χ0) is 13.5. The van der Waals surface area contributed by atoms with Gasteiger partial charge in [-0.3, -0.25) is 0 Å². The van der Waals surface area contributed by atoms with E-state index in [9.17, 15) is 0 Å². The third-order valence-corrected chi connectivity index (χ3v) is 5.37. The molecule has 0 heteroatoms. The Morgan fingerprint density at radius 2 is 1.28 bits per heavy atom. The summed E-state index contributed by atoms with van der Waals surface area (Å²) >= 11 is 0. The highest BCUT2D eigenvalue weighted by atomic mass is 14.2. The van der Waals surface area contributed by atoms with Crippen LogP contribution in [0.3, 0.4) is 0 Å². The van der Waals surface area contributed by atoms with Crippen LogP contribution in [0, 0.1) is 29.6 Å². The average molecular weight is 252 g/mol. The van der Waals surface area contributed by atoms with Crippen molar-refractivity contribution in [3.05, 3.63) is 0 Å². The highest BCUT2D eigenvalue weighted by Gasteiger charge is 2.19. The molecule has 0 aromatic rings. The molecule has 0 amide bonds. The van der Waals surface area contributed by atoms with Crippen LogP contribution >= 0.6 is 0 Å². The Hall–Kier alpha value is 0. The first-order valence-corrected chi connectivity index (χ1v) is 8.49. The first-order valence-electron chi connectivity index (χ1n) is 8.49. The fourth-order valence-electron chi connectivity index (χ4n) is 3.32. The van der Waals surface area contributed by atoms with Crippen molar-refractivity contribution in [1.29, 1.82) is 0 Å². The molecule has 108 valence electrons. The molecule has 0 saturated heterocycles. The summed E-state index contributed by atoms with van der Waals surface area (Å²) in [5.41, 5.74) is 0. The molecule has 1 aliphatic rings. The average Bonchev–Trinajstić information content (AvgIpc) is 2.31. The Kier molecular flexibility index (Phi) is 7.34. The van der Waals surface area contributed by atoms with Crippen molar-refractivity contribution < 1.29 is 0 Å². The third-order valence-electron chi connectivity index (χ3n) is 5.37. The fraction of sp³-hybridized carbons (Fsp3) is 1.00. The van der Waals surface area contributed by atoms with Crippen LogP contribution in [0.2, 0.25) is 0 Å². The van der Waals surface area contributed by atoms with Crippen molar-refractivity contribution in [2.45, 2.75) is 86.0 Å². The van der Waals surface area contributed by atoms with Gasteiger partial charge in [-0.25, -0.2) is 0 Å². The van der Waals surface area contributed by atoms with E-state index in [4.69, 9.17) is 0 Å². The molecule has 0 spiro atoms. The smallest absolute Gasteiger partial charge is 0.0411 e. The third kappa shape index (κ3) is 6.25. The van der Waals surface area contributed by atoms with Gasteiger partial charge in [0.05, 0.1) is 0 Å². The van der Waals surface area contributed by atoms with Crippen molar-refractivity contribution in [1.82, 2.24) is 0 Å².